The first kappa shape index (κ1) is 15.8. The van der Waals surface area contributed by atoms with Crippen LogP contribution in [0.3, 0.4) is 0 Å². The van der Waals surface area contributed by atoms with E-state index < -0.39 is 17.8 Å². The fraction of sp³-hybridized carbons (Fsp3) is 0.118. The molecule has 9 heteroatoms. The van der Waals surface area contributed by atoms with Crippen molar-refractivity contribution in [3.05, 3.63) is 71.8 Å². The van der Waals surface area contributed by atoms with Crippen molar-refractivity contribution in [1.29, 1.82) is 0 Å². The summed E-state index contributed by atoms with van der Waals surface area (Å²) in [7, 11) is 0. The quantitative estimate of drug-likeness (QED) is 0.639. The van der Waals surface area contributed by atoms with Gasteiger partial charge < -0.3 is 4.84 Å². The number of nitrogens with zero attached hydrogens (tertiary/aromatic N) is 5. The van der Waals surface area contributed by atoms with Crippen molar-refractivity contribution in [3.8, 4) is 0 Å². The third-order valence-electron chi connectivity index (χ3n) is 3.90. The number of rotatable bonds is 5. The standard InChI is InChI=1S/C17H13N5O4/c23-15-12-4-1-2-5-13(12)16(24)22(15)26-17(25)14-6-9-21(19-14)11-10-20-8-3-7-18-20/h1-9H,10-11H2. The third kappa shape index (κ3) is 2.75. The van der Waals surface area contributed by atoms with Gasteiger partial charge in [-0.3, -0.25) is 19.0 Å². The predicted molar refractivity (Wildman–Crippen MR) is 86.8 cm³/mol. The summed E-state index contributed by atoms with van der Waals surface area (Å²) in [4.78, 5) is 41.6. The van der Waals surface area contributed by atoms with Gasteiger partial charge in [0, 0.05) is 18.6 Å². The molecule has 3 aromatic rings. The highest BCUT2D eigenvalue weighted by Gasteiger charge is 2.39. The van der Waals surface area contributed by atoms with Crippen molar-refractivity contribution >= 4 is 17.8 Å². The lowest BCUT2D eigenvalue weighted by molar-refractivity contribution is -0.0589. The summed E-state index contributed by atoms with van der Waals surface area (Å²) >= 11 is 0. The van der Waals surface area contributed by atoms with Gasteiger partial charge in [-0.25, -0.2) is 4.79 Å². The fourth-order valence-electron chi connectivity index (χ4n) is 2.61. The number of fused-ring (bicyclic) bond motifs is 1. The number of aryl methyl sites for hydroxylation is 2. The van der Waals surface area contributed by atoms with E-state index in [9.17, 15) is 14.4 Å². The van der Waals surface area contributed by atoms with Crippen molar-refractivity contribution in [3.63, 3.8) is 0 Å². The molecular formula is C17H13N5O4. The van der Waals surface area contributed by atoms with Gasteiger partial charge in [-0.1, -0.05) is 17.2 Å². The van der Waals surface area contributed by atoms with Crippen LogP contribution in [0.25, 0.3) is 0 Å². The molecule has 130 valence electrons. The van der Waals surface area contributed by atoms with Gasteiger partial charge in [0.15, 0.2) is 5.69 Å². The number of carbonyl (C=O) groups is 3. The Kier molecular flexibility index (Phi) is 3.81. The molecule has 0 fully saturated rings. The van der Waals surface area contributed by atoms with Crippen LogP contribution < -0.4 is 0 Å². The van der Waals surface area contributed by atoms with Gasteiger partial charge in [-0.2, -0.15) is 10.2 Å². The van der Waals surface area contributed by atoms with E-state index in [0.29, 0.717) is 18.2 Å². The fourth-order valence-corrected chi connectivity index (χ4v) is 2.61. The summed E-state index contributed by atoms with van der Waals surface area (Å²) in [5.74, 6) is -2.22. The van der Waals surface area contributed by atoms with Gasteiger partial charge in [-0.05, 0) is 24.3 Å². The number of aromatic nitrogens is 4. The monoisotopic (exact) mass is 351 g/mol. The van der Waals surface area contributed by atoms with Gasteiger partial charge in [0.05, 0.1) is 24.2 Å². The Bertz CT molecular complexity index is 957. The Morgan fingerprint density at radius 3 is 2.27 bits per heavy atom. The number of hydrogen-bond acceptors (Lipinski definition) is 6. The largest absolute Gasteiger partial charge is 0.384 e. The summed E-state index contributed by atoms with van der Waals surface area (Å²) in [6.07, 6.45) is 5.11. The Balaban J connectivity index is 1.43. The second kappa shape index (κ2) is 6.28. The molecular weight excluding hydrogens is 338 g/mol. The van der Waals surface area contributed by atoms with E-state index in [0.717, 1.165) is 0 Å². The van der Waals surface area contributed by atoms with E-state index in [4.69, 9.17) is 4.84 Å². The third-order valence-corrected chi connectivity index (χ3v) is 3.90. The van der Waals surface area contributed by atoms with Gasteiger partial charge >= 0.3 is 5.97 Å². The predicted octanol–water partition coefficient (Wildman–Crippen LogP) is 1.15. The zero-order chi connectivity index (χ0) is 18.1. The summed E-state index contributed by atoms with van der Waals surface area (Å²) in [5, 5.41) is 8.65. The minimum Gasteiger partial charge on any atom is -0.322 e. The molecule has 0 bridgehead atoms. The Morgan fingerprint density at radius 2 is 1.62 bits per heavy atom. The van der Waals surface area contributed by atoms with Crippen LogP contribution in [0.15, 0.2) is 55.0 Å². The molecule has 0 aliphatic carbocycles. The molecule has 0 radical (unpaired) electrons. The molecule has 2 aromatic heterocycles. The molecule has 1 aliphatic rings. The Morgan fingerprint density at radius 1 is 0.923 bits per heavy atom. The maximum atomic E-state index is 12.2. The molecule has 0 spiro atoms. The lowest BCUT2D eigenvalue weighted by atomic mass is 10.1. The Hall–Kier alpha value is -3.75. The van der Waals surface area contributed by atoms with Gasteiger partial charge in [0.1, 0.15) is 0 Å². The lowest BCUT2D eigenvalue weighted by Gasteiger charge is -2.11. The topological polar surface area (TPSA) is 99.3 Å². The molecule has 3 heterocycles. The summed E-state index contributed by atoms with van der Waals surface area (Å²) in [6.45, 7) is 1.09. The number of hydrogen-bond donors (Lipinski definition) is 0. The summed E-state index contributed by atoms with van der Waals surface area (Å²) in [5.41, 5.74) is 0.409. The lowest BCUT2D eigenvalue weighted by Crippen LogP contribution is -2.32. The van der Waals surface area contributed by atoms with Gasteiger partial charge in [-0.15, -0.1) is 0 Å². The molecule has 0 atom stereocenters. The van der Waals surface area contributed by atoms with Crippen molar-refractivity contribution < 1.29 is 19.2 Å². The highest BCUT2D eigenvalue weighted by Crippen LogP contribution is 2.23. The van der Waals surface area contributed by atoms with Gasteiger partial charge in [0.2, 0.25) is 0 Å². The maximum absolute atomic E-state index is 12.2. The zero-order valence-corrected chi connectivity index (χ0v) is 13.5. The number of hydroxylamine groups is 2. The number of carbonyl (C=O) groups excluding carboxylic acids is 3. The molecule has 4 rings (SSSR count). The van der Waals surface area contributed by atoms with Crippen LogP contribution in [0.5, 0.6) is 0 Å². The smallest absolute Gasteiger partial charge is 0.322 e. The first-order valence-electron chi connectivity index (χ1n) is 7.84. The summed E-state index contributed by atoms with van der Waals surface area (Å²) < 4.78 is 3.29. The molecule has 9 nitrogen and oxygen atoms in total. The van der Waals surface area contributed by atoms with E-state index >= 15 is 0 Å². The van der Waals surface area contributed by atoms with Crippen molar-refractivity contribution in [2.24, 2.45) is 0 Å². The molecule has 0 unspecified atom stereocenters. The van der Waals surface area contributed by atoms with E-state index in [1.165, 1.54) is 18.2 Å². The SMILES string of the molecule is O=C(ON1C(=O)c2ccccc2C1=O)c1ccn(CCn2cccn2)n1. The van der Waals surface area contributed by atoms with Crippen molar-refractivity contribution in [2.45, 2.75) is 13.1 Å². The normalized spacial score (nSPS) is 13.2. The van der Waals surface area contributed by atoms with Crippen LogP contribution in [0.1, 0.15) is 31.2 Å². The molecule has 1 aromatic carbocycles. The highest BCUT2D eigenvalue weighted by molar-refractivity contribution is 6.21. The van der Waals surface area contributed by atoms with Gasteiger partial charge in [0.25, 0.3) is 11.8 Å². The number of imide groups is 1. The molecule has 2 amide bonds. The molecule has 26 heavy (non-hydrogen) atoms. The minimum atomic E-state index is -0.877. The second-order valence-electron chi connectivity index (χ2n) is 5.56. The number of benzene rings is 1. The molecule has 0 saturated carbocycles. The van der Waals surface area contributed by atoms with E-state index in [2.05, 4.69) is 10.2 Å². The van der Waals surface area contributed by atoms with Crippen LogP contribution in [-0.4, -0.2) is 42.4 Å². The van der Waals surface area contributed by atoms with Crippen molar-refractivity contribution in [1.82, 2.24) is 24.6 Å². The average molecular weight is 351 g/mol. The minimum absolute atomic E-state index is 0.00187. The van der Waals surface area contributed by atoms with Crippen LogP contribution in [0, 0.1) is 0 Å². The van der Waals surface area contributed by atoms with Crippen molar-refractivity contribution in [2.75, 3.05) is 0 Å². The van der Waals surface area contributed by atoms with E-state index in [-0.39, 0.29) is 16.8 Å². The van der Waals surface area contributed by atoms with E-state index in [1.807, 2.05) is 12.3 Å². The van der Waals surface area contributed by atoms with Crippen LogP contribution in [0.2, 0.25) is 0 Å². The van der Waals surface area contributed by atoms with E-state index in [1.54, 1.807) is 33.9 Å². The summed E-state index contributed by atoms with van der Waals surface area (Å²) in [6, 6.07) is 9.56. The van der Waals surface area contributed by atoms with Crippen LogP contribution in [0.4, 0.5) is 0 Å². The van der Waals surface area contributed by atoms with Crippen LogP contribution >= 0.6 is 0 Å². The highest BCUT2D eigenvalue weighted by atomic mass is 16.7. The maximum Gasteiger partial charge on any atom is 0.384 e. The Labute approximate surface area is 147 Å². The first-order valence-corrected chi connectivity index (χ1v) is 7.84. The molecule has 0 saturated heterocycles. The first-order chi connectivity index (χ1) is 12.6. The zero-order valence-electron chi connectivity index (χ0n) is 13.5. The second-order valence-corrected chi connectivity index (χ2v) is 5.56. The average Bonchev–Trinajstić information content (AvgIpc) is 3.38. The molecule has 1 aliphatic heterocycles. The number of amides is 2. The molecule has 0 N–H and O–H groups in total. The van der Waals surface area contributed by atoms with Crippen LogP contribution in [-0.2, 0) is 17.9 Å².